The van der Waals surface area contributed by atoms with Crippen LogP contribution in [0.25, 0.3) is 0 Å². The van der Waals surface area contributed by atoms with E-state index in [0.717, 1.165) is 12.1 Å². The van der Waals surface area contributed by atoms with E-state index in [1.165, 1.54) is 24.1 Å². The third-order valence-electron chi connectivity index (χ3n) is 2.98. The molecule has 1 aromatic carbocycles. The molecular formula is C12H13F2N3O2. The van der Waals surface area contributed by atoms with E-state index < -0.39 is 23.3 Å². The van der Waals surface area contributed by atoms with Crippen LogP contribution in [0.2, 0.25) is 0 Å². The Morgan fingerprint density at radius 1 is 1.32 bits per heavy atom. The molecule has 2 atom stereocenters. The first kappa shape index (κ1) is 13.6. The monoisotopic (exact) mass is 269 g/mol. The van der Waals surface area contributed by atoms with E-state index in [2.05, 4.69) is 10.2 Å². The van der Waals surface area contributed by atoms with E-state index in [-0.39, 0.29) is 12.1 Å². The molecule has 5 nitrogen and oxygen atoms in total. The van der Waals surface area contributed by atoms with Crippen molar-refractivity contribution in [3.63, 3.8) is 0 Å². The van der Waals surface area contributed by atoms with E-state index in [1.807, 2.05) is 0 Å². The molecule has 19 heavy (non-hydrogen) atoms. The SMILES string of the molecule is C[C@@H](O)[C@](O)(Cn1cnnc1)c1ccc(F)cc1F. The molecule has 7 heteroatoms. The molecule has 0 aliphatic rings. The summed E-state index contributed by atoms with van der Waals surface area (Å²) < 4.78 is 28.1. The first-order chi connectivity index (χ1) is 8.93. The average molecular weight is 269 g/mol. The molecule has 0 bridgehead atoms. The smallest absolute Gasteiger partial charge is 0.136 e. The van der Waals surface area contributed by atoms with Gasteiger partial charge in [0, 0.05) is 11.6 Å². The predicted molar refractivity (Wildman–Crippen MR) is 62.0 cm³/mol. The first-order valence-corrected chi connectivity index (χ1v) is 5.62. The second kappa shape index (κ2) is 5.02. The summed E-state index contributed by atoms with van der Waals surface area (Å²) in [6.07, 6.45) is 1.39. The van der Waals surface area contributed by atoms with Crippen molar-refractivity contribution in [1.29, 1.82) is 0 Å². The number of halogens is 2. The normalized spacial score (nSPS) is 16.1. The number of rotatable bonds is 4. The maximum atomic E-state index is 13.8. The second-order valence-corrected chi connectivity index (χ2v) is 4.36. The molecule has 1 aromatic heterocycles. The first-order valence-electron chi connectivity index (χ1n) is 5.62. The fourth-order valence-corrected chi connectivity index (χ4v) is 1.86. The van der Waals surface area contributed by atoms with Gasteiger partial charge in [-0.1, -0.05) is 6.07 Å². The van der Waals surface area contributed by atoms with Gasteiger partial charge in [-0.2, -0.15) is 0 Å². The summed E-state index contributed by atoms with van der Waals surface area (Å²) in [5.41, 5.74) is -2.09. The second-order valence-electron chi connectivity index (χ2n) is 4.36. The summed E-state index contributed by atoms with van der Waals surface area (Å²) in [6.45, 7) is 1.17. The number of aromatic nitrogens is 3. The Kier molecular flexibility index (Phi) is 3.59. The van der Waals surface area contributed by atoms with Gasteiger partial charge < -0.3 is 14.8 Å². The molecule has 0 saturated carbocycles. The molecule has 0 radical (unpaired) electrons. The van der Waals surface area contributed by atoms with E-state index in [1.54, 1.807) is 0 Å². The number of benzene rings is 1. The molecule has 1 heterocycles. The largest absolute Gasteiger partial charge is 0.390 e. The van der Waals surface area contributed by atoms with Gasteiger partial charge in [0.2, 0.25) is 0 Å². The molecule has 2 N–H and O–H groups in total. The van der Waals surface area contributed by atoms with Crippen molar-refractivity contribution in [1.82, 2.24) is 14.8 Å². The van der Waals surface area contributed by atoms with Gasteiger partial charge in [-0.25, -0.2) is 8.78 Å². The number of nitrogens with zero attached hydrogens (tertiary/aromatic N) is 3. The van der Waals surface area contributed by atoms with Crippen LogP contribution in [0.15, 0.2) is 30.9 Å². The maximum Gasteiger partial charge on any atom is 0.136 e. The minimum Gasteiger partial charge on any atom is -0.390 e. The van der Waals surface area contributed by atoms with Crippen molar-refractivity contribution in [3.05, 3.63) is 48.1 Å². The molecule has 102 valence electrons. The topological polar surface area (TPSA) is 71.2 Å². The minimum absolute atomic E-state index is 0.153. The van der Waals surface area contributed by atoms with E-state index in [0.29, 0.717) is 6.07 Å². The average Bonchev–Trinajstić information content (AvgIpc) is 2.81. The highest BCUT2D eigenvalue weighted by molar-refractivity contribution is 5.26. The Morgan fingerprint density at radius 2 is 1.95 bits per heavy atom. The number of hydrogen-bond acceptors (Lipinski definition) is 4. The Hall–Kier alpha value is -1.86. The number of hydrogen-bond donors (Lipinski definition) is 2. The van der Waals surface area contributed by atoms with Crippen molar-refractivity contribution in [3.8, 4) is 0 Å². The van der Waals surface area contributed by atoms with Gasteiger partial charge in [-0.05, 0) is 13.0 Å². The summed E-state index contributed by atoms with van der Waals surface area (Å²) in [4.78, 5) is 0. The van der Waals surface area contributed by atoms with Crippen LogP contribution in [0.3, 0.4) is 0 Å². The van der Waals surface area contributed by atoms with Gasteiger partial charge in [-0.15, -0.1) is 10.2 Å². The molecular weight excluding hydrogens is 256 g/mol. The highest BCUT2D eigenvalue weighted by Crippen LogP contribution is 2.29. The van der Waals surface area contributed by atoms with E-state index in [4.69, 9.17) is 0 Å². The number of aliphatic hydroxyl groups is 2. The van der Waals surface area contributed by atoms with Crippen LogP contribution in [0.1, 0.15) is 12.5 Å². The molecule has 2 aromatic rings. The minimum atomic E-state index is -1.90. The summed E-state index contributed by atoms with van der Waals surface area (Å²) in [7, 11) is 0. The van der Waals surface area contributed by atoms with Crippen LogP contribution in [0.4, 0.5) is 8.78 Å². The third-order valence-corrected chi connectivity index (χ3v) is 2.98. The fourth-order valence-electron chi connectivity index (χ4n) is 1.86. The summed E-state index contributed by atoms with van der Waals surface area (Å²) >= 11 is 0. The summed E-state index contributed by atoms with van der Waals surface area (Å²) in [6, 6.07) is 2.80. The van der Waals surface area contributed by atoms with E-state index in [9.17, 15) is 19.0 Å². The van der Waals surface area contributed by atoms with Crippen molar-refractivity contribution >= 4 is 0 Å². The lowest BCUT2D eigenvalue weighted by molar-refractivity contribution is -0.0854. The van der Waals surface area contributed by atoms with Gasteiger partial charge in [0.25, 0.3) is 0 Å². The lowest BCUT2D eigenvalue weighted by Crippen LogP contribution is -2.42. The summed E-state index contributed by atoms with van der Waals surface area (Å²) in [5, 5.41) is 27.4. The molecule has 0 unspecified atom stereocenters. The zero-order valence-corrected chi connectivity index (χ0v) is 10.2. The molecule has 0 amide bonds. The Morgan fingerprint density at radius 3 is 2.47 bits per heavy atom. The fraction of sp³-hybridized carbons (Fsp3) is 0.333. The van der Waals surface area contributed by atoms with Crippen LogP contribution in [0.5, 0.6) is 0 Å². The zero-order chi connectivity index (χ0) is 14.0. The predicted octanol–water partition coefficient (Wildman–Crippen LogP) is 0.825. The molecule has 0 saturated heterocycles. The highest BCUT2D eigenvalue weighted by atomic mass is 19.1. The lowest BCUT2D eigenvalue weighted by Gasteiger charge is -2.32. The van der Waals surface area contributed by atoms with Gasteiger partial charge in [-0.3, -0.25) is 0 Å². The van der Waals surface area contributed by atoms with Crippen LogP contribution in [0, 0.1) is 11.6 Å². The molecule has 0 aliphatic heterocycles. The van der Waals surface area contributed by atoms with Crippen molar-refractivity contribution in [2.24, 2.45) is 0 Å². The van der Waals surface area contributed by atoms with Crippen molar-refractivity contribution < 1.29 is 19.0 Å². The number of aliphatic hydroxyl groups excluding tert-OH is 1. The van der Waals surface area contributed by atoms with E-state index >= 15 is 0 Å². The molecule has 0 fully saturated rings. The Labute approximate surface area is 108 Å². The lowest BCUT2D eigenvalue weighted by atomic mass is 9.88. The van der Waals surface area contributed by atoms with Gasteiger partial charge in [0.05, 0.1) is 12.6 Å². The van der Waals surface area contributed by atoms with Crippen molar-refractivity contribution in [2.75, 3.05) is 0 Å². The van der Waals surface area contributed by atoms with Gasteiger partial charge >= 0.3 is 0 Å². The molecule has 0 spiro atoms. The molecule has 2 rings (SSSR count). The molecule has 0 aliphatic carbocycles. The standard InChI is InChI=1S/C12H13F2N3O2/c1-8(18)12(19,5-17-6-15-16-7-17)10-3-2-9(13)4-11(10)14/h2-4,6-8,18-19H,5H2,1H3/t8-,12-/m1/s1. The Balaban J connectivity index is 2.43. The van der Waals surface area contributed by atoms with Crippen LogP contribution >= 0.6 is 0 Å². The quantitative estimate of drug-likeness (QED) is 0.862. The highest BCUT2D eigenvalue weighted by Gasteiger charge is 2.37. The van der Waals surface area contributed by atoms with Crippen LogP contribution in [-0.2, 0) is 12.1 Å². The maximum absolute atomic E-state index is 13.8. The van der Waals surface area contributed by atoms with Crippen molar-refractivity contribution in [2.45, 2.75) is 25.2 Å². The van der Waals surface area contributed by atoms with Gasteiger partial charge in [0.1, 0.15) is 29.9 Å². The van der Waals surface area contributed by atoms with Gasteiger partial charge in [0.15, 0.2) is 0 Å². The third kappa shape index (κ3) is 2.61. The summed E-state index contributed by atoms with van der Waals surface area (Å²) in [5.74, 6) is -1.67. The van der Waals surface area contributed by atoms with Crippen LogP contribution in [-0.4, -0.2) is 31.1 Å². The Bertz CT molecular complexity index is 560. The zero-order valence-electron chi connectivity index (χ0n) is 10.2. The van der Waals surface area contributed by atoms with Crippen LogP contribution < -0.4 is 0 Å².